The van der Waals surface area contributed by atoms with Crippen molar-refractivity contribution in [2.24, 2.45) is 0 Å². The van der Waals surface area contributed by atoms with Gasteiger partial charge in [-0.3, -0.25) is 0 Å². The highest BCUT2D eigenvalue weighted by atomic mass is 28.4. The molecule has 3 atom stereocenters. The average Bonchev–Trinajstić information content (AvgIpc) is 2.48. The van der Waals surface area contributed by atoms with Crippen LogP contribution in [-0.4, -0.2) is 40.1 Å². The van der Waals surface area contributed by atoms with Crippen molar-refractivity contribution in [3.05, 3.63) is 0 Å². The molecule has 0 aliphatic carbocycles. The highest BCUT2D eigenvalue weighted by molar-refractivity contribution is 6.74. The third-order valence-corrected chi connectivity index (χ3v) is 15.8. The maximum absolute atomic E-state index is 10.2. The zero-order valence-corrected chi connectivity index (χ0v) is 23.5. The Morgan fingerprint density at radius 1 is 0.759 bits per heavy atom. The van der Waals surface area contributed by atoms with Gasteiger partial charge in [0.25, 0.3) is 0 Å². The molecule has 0 aromatic carbocycles. The molecule has 5 heteroatoms. The number of hydrogen-bond donors (Lipinski definition) is 1. The summed E-state index contributed by atoms with van der Waals surface area (Å²) in [5, 5.41) is 10.6. The molecule has 0 saturated heterocycles. The summed E-state index contributed by atoms with van der Waals surface area (Å²) in [6.45, 7) is 27.0. The second-order valence-electron chi connectivity index (χ2n) is 11.7. The molecule has 0 radical (unpaired) electrons. The first-order chi connectivity index (χ1) is 12.9. The Hall–Kier alpha value is -0.126. The Balaban J connectivity index is 4.20. The molecule has 3 unspecified atom stereocenters. The lowest BCUT2D eigenvalue weighted by Gasteiger charge is -2.38. The minimum Gasteiger partial charge on any atom is -0.414 e. The largest absolute Gasteiger partial charge is 0.414 e. The van der Waals surface area contributed by atoms with Gasteiger partial charge in [0.15, 0.2) is 16.6 Å². The van der Waals surface area contributed by atoms with E-state index in [1.54, 1.807) is 0 Å². The van der Waals surface area contributed by atoms with Gasteiger partial charge in [-0.15, -0.1) is 0 Å². The lowest BCUT2D eigenvalue weighted by molar-refractivity contribution is 0.178. The van der Waals surface area contributed by atoms with E-state index in [1.165, 1.54) is 0 Å². The van der Waals surface area contributed by atoms with Crippen molar-refractivity contribution in [3.8, 4) is 11.8 Å². The number of unbranched alkanes of at least 4 members (excludes halogenated alkanes) is 1. The van der Waals surface area contributed by atoms with Crippen LogP contribution >= 0.6 is 0 Å². The highest BCUT2D eigenvalue weighted by Gasteiger charge is 2.39. The van der Waals surface area contributed by atoms with Gasteiger partial charge >= 0.3 is 0 Å². The van der Waals surface area contributed by atoms with Crippen LogP contribution in [0.25, 0.3) is 0 Å². The maximum Gasteiger partial charge on any atom is 0.192 e. The first kappa shape index (κ1) is 28.9. The molecule has 0 aromatic rings. The van der Waals surface area contributed by atoms with Crippen LogP contribution in [0.3, 0.4) is 0 Å². The van der Waals surface area contributed by atoms with Crippen molar-refractivity contribution in [2.75, 3.05) is 0 Å². The van der Waals surface area contributed by atoms with Crippen molar-refractivity contribution < 1.29 is 14.0 Å². The van der Waals surface area contributed by atoms with Crippen molar-refractivity contribution in [1.82, 2.24) is 0 Å². The highest BCUT2D eigenvalue weighted by Crippen LogP contribution is 2.38. The first-order valence-electron chi connectivity index (χ1n) is 11.4. The molecule has 0 spiro atoms. The summed E-state index contributed by atoms with van der Waals surface area (Å²) in [5.74, 6) is 6.14. The first-order valence-corrected chi connectivity index (χ1v) is 17.2. The predicted molar refractivity (Wildman–Crippen MR) is 132 cm³/mol. The molecule has 0 heterocycles. The SMILES string of the molecule is CC(CC#CC(O)CCCCC(C)O[Si](C)(C)C(C)(C)C)O[Si](C)(C)C(C)(C)C. The molecule has 0 aromatic heterocycles. The third kappa shape index (κ3) is 11.2. The molecule has 0 aliphatic rings. The number of aliphatic hydroxyl groups excluding tert-OH is 1. The Kier molecular flexibility index (Phi) is 11.4. The molecule has 0 bridgehead atoms. The van der Waals surface area contributed by atoms with Crippen LogP contribution in [0.4, 0.5) is 0 Å². The molecule has 0 amide bonds. The van der Waals surface area contributed by atoms with Crippen LogP contribution in [0, 0.1) is 11.8 Å². The lowest BCUT2D eigenvalue weighted by Crippen LogP contribution is -2.43. The quantitative estimate of drug-likeness (QED) is 0.222. The summed E-state index contributed by atoms with van der Waals surface area (Å²) in [6, 6.07) is 0. The van der Waals surface area contributed by atoms with Gasteiger partial charge < -0.3 is 14.0 Å². The van der Waals surface area contributed by atoms with Gasteiger partial charge in [-0.25, -0.2) is 0 Å². The van der Waals surface area contributed by atoms with E-state index in [1.807, 2.05) is 0 Å². The average molecular weight is 443 g/mol. The van der Waals surface area contributed by atoms with Crippen molar-refractivity contribution in [2.45, 2.75) is 142 Å². The van der Waals surface area contributed by atoms with Crippen LogP contribution in [-0.2, 0) is 8.85 Å². The third-order valence-electron chi connectivity index (χ3n) is 6.60. The van der Waals surface area contributed by atoms with Crippen LogP contribution < -0.4 is 0 Å². The Labute approximate surface area is 184 Å². The summed E-state index contributed by atoms with van der Waals surface area (Å²) in [5.41, 5.74) is 0. The zero-order chi connectivity index (χ0) is 23.1. The smallest absolute Gasteiger partial charge is 0.192 e. The Bertz CT molecular complexity index is 533. The van der Waals surface area contributed by atoms with E-state index in [9.17, 15) is 5.11 Å². The van der Waals surface area contributed by atoms with E-state index in [2.05, 4.69) is 93.4 Å². The van der Waals surface area contributed by atoms with Crippen LogP contribution in [0.5, 0.6) is 0 Å². The standard InChI is InChI=1S/C24H50O3Si2/c1-20(26-28(9,10)23(3,4)5)16-13-14-18-22(25)19-15-17-21(2)27-29(11,12)24(6,7)8/h20-22,25H,13-14,16-18H2,1-12H3. The van der Waals surface area contributed by atoms with E-state index in [4.69, 9.17) is 8.85 Å². The summed E-state index contributed by atoms with van der Waals surface area (Å²) < 4.78 is 12.7. The Morgan fingerprint density at radius 2 is 1.17 bits per heavy atom. The van der Waals surface area contributed by atoms with Gasteiger partial charge in [-0.2, -0.15) is 0 Å². The molecular weight excluding hydrogens is 392 g/mol. The summed E-state index contributed by atoms with van der Waals surface area (Å²) in [6.07, 6.45) is 4.38. The lowest BCUT2D eigenvalue weighted by atomic mass is 10.1. The predicted octanol–water partition coefficient (Wildman–Crippen LogP) is 7.12. The van der Waals surface area contributed by atoms with Gasteiger partial charge in [0.1, 0.15) is 6.10 Å². The van der Waals surface area contributed by atoms with Gasteiger partial charge in [-0.05, 0) is 69.4 Å². The molecule has 172 valence electrons. The van der Waals surface area contributed by atoms with Crippen molar-refractivity contribution in [3.63, 3.8) is 0 Å². The van der Waals surface area contributed by atoms with Gasteiger partial charge in [0.2, 0.25) is 0 Å². The summed E-state index contributed by atoms with van der Waals surface area (Å²) in [7, 11) is -3.44. The summed E-state index contributed by atoms with van der Waals surface area (Å²) >= 11 is 0. The molecule has 3 nitrogen and oxygen atoms in total. The van der Waals surface area contributed by atoms with Crippen LogP contribution in [0.2, 0.25) is 36.3 Å². The van der Waals surface area contributed by atoms with Gasteiger partial charge in [-0.1, -0.05) is 59.8 Å². The van der Waals surface area contributed by atoms with E-state index in [0.717, 1.165) is 25.7 Å². The van der Waals surface area contributed by atoms with E-state index < -0.39 is 22.7 Å². The minimum absolute atomic E-state index is 0.115. The summed E-state index contributed by atoms with van der Waals surface area (Å²) in [4.78, 5) is 0. The Morgan fingerprint density at radius 3 is 1.62 bits per heavy atom. The molecule has 29 heavy (non-hydrogen) atoms. The molecule has 0 fully saturated rings. The van der Waals surface area contributed by atoms with Gasteiger partial charge in [0.05, 0.1) is 6.10 Å². The zero-order valence-electron chi connectivity index (χ0n) is 21.5. The molecule has 0 rings (SSSR count). The van der Waals surface area contributed by atoms with Crippen molar-refractivity contribution in [1.29, 1.82) is 0 Å². The second-order valence-corrected chi connectivity index (χ2v) is 21.2. The number of aliphatic hydroxyl groups is 1. The fourth-order valence-corrected chi connectivity index (χ4v) is 5.54. The fraction of sp³-hybridized carbons (Fsp3) is 0.917. The fourth-order valence-electron chi connectivity index (χ4n) is 2.62. The number of hydrogen-bond acceptors (Lipinski definition) is 3. The monoisotopic (exact) mass is 442 g/mol. The van der Waals surface area contributed by atoms with E-state index in [0.29, 0.717) is 6.42 Å². The molecular formula is C24H50O3Si2. The van der Waals surface area contributed by atoms with E-state index in [-0.39, 0.29) is 22.3 Å². The van der Waals surface area contributed by atoms with Crippen LogP contribution in [0.15, 0.2) is 0 Å². The van der Waals surface area contributed by atoms with Gasteiger partial charge in [0, 0.05) is 12.5 Å². The second kappa shape index (κ2) is 11.5. The van der Waals surface area contributed by atoms with E-state index >= 15 is 0 Å². The van der Waals surface area contributed by atoms with Crippen LogP contribution in [0.1, 0.15) is 87.5 Å². The molecule has 1 N–H and O–H groups in total. The normalized spacial score (nSPS) is 16.7. The maximum atomic E-state index is 10.2. The number of rotatable bonds is 10. The molecule has 0 aliphatic heterocycles. The topological polar surface area (TPSA) is 38.7 Å². The molecule has 0 saturated carbocycles. The minimum atomic E-state index is -1.75. The van der Waals surface area contributed by atoms with Crippen molar-refractivity contribution >= 4 is 16.6 Å².